The molecule has 0 unspecified atom stereocenters. The van der Waals surface area contributed by atoms with Crippen molar-refractivity contribution < 1.29 is 14.3 Å². The van der Waals surface area contributed by atoms with Crippen molar-refractivity contribution in [1.82, 2.24) is 0 Å². The normalized spacial score (nSPS) is 11.7. The molecule has 0 radical (unpaired) electrons. The van der Waals surface area contributed by atoms with Crippen LogP contribution in [0.5, 0.6) is 5.75 Å². The fourth-order valence-electron chi connectivity index (χ4n) is 1.75. The van der Waals surface area contributed by atoms with Crippen molar-refractivity contribution in [1.29, 1.82) is 0 Å². The highest BCUT2D eigenvalue weighted by atomic mass is 35.5. The van der Waals surface area contributed by atoms with E-state index in [-0.39, 0.29) is 35.6 Å². The highest BCUT2D eigenvalue weighted by Gasteiger charge is 2.24. The SMILES string of the molecule is CC(C)(C)c1ccc(OP(O)O)c(C(C)(C)C)c1.Cl.Cl. The molecular formula is C14H25Cl2O3P. The van der Waals surface area contributed by atoms with Crippen LogP contribution in [0.4, 0.5) is 0 Å². The van der Waals surface area contributed by atoms with Crippen molar-refractivity contribution in [3.8, 4) is 5.75 Å². The molecule has 0 fully saturated rings. The van der Waals surface area contributed by atoms with Gasteiger partial charge in [-0.3, -0.25) is 0 Å². The fourth-order valence-corrected chi connectivity index (χ4v) is 2.09. The quantitative estimate of drug-likeness (QED) is 0.764. The van der Waals surface area contributed by atoms with Gasteiger partial charge in [0.1, 0.15) is 5.75 Å². The summed E-state index contributed by atoms with van der Waals surface area (Å²) < 4.78 is 5.12. The Hall–Kier alpha value is -0.0500. The Bertz CT molecular complexity index is 423. The number of hydrogen-bond donors (Lipinski definition) is 2. The molecule has 0 bridgehead atoms. The average molecular weight is 343 g/mol. The van der Waals surface area contributed by atoms with E-state index in [0.717, 1.165) is 5.56 Å². The van der Waals surface area contributed by atoms with Gasteiger partial charge in [0, 0.05) is 5.56 Å². The van der Waals surface area contributed by atoms with Gasteiger partial charge in [-0.25, -0.2) is 0 Å². The Morgan fingerprint density at radius 2 is 1.40 bits per heavy atom. The van der Waals surface area contributed by atoms with Crippen LogP contribution in [0.15, 0.2) is 18.2 Å². The van der Waals surface area contributed by atoms with Gasteiger partial charge in [-0.1, -0.05) is 53.7 Å². The summed E-state index contributed by atoms with van der Waals surface area (Å²) in [6.45, 7) is 12.7. The summed E-state index contributed by atoms with van der Waals surface area (Å²) in [4.78, 5) is 18.0. The molecule has 0 atom stereocenters. The molecule has 1 rings (SSSR count). The second kappa shape index (κ2) is 7.82. The van der Waals surface area contributed by atoms with Gasteiger partial charge < -0.3 is 14.3 Å². The van der Waals surface area contributed by atoms with E-state index in [1.165, 1.54) is 5.56 Å². The highest BCUT2D eigenvalue weighted by molar-refractivity contribution is 7.39. The first-order chi connectivity index (χ1) is 8.01. The summed E-state index contributed by atoms with van der Waals surface area (Å²) in [7, 11) is -2.38. The minimum Gasteiger partial charge on any atom is -0.427 e. The first-order valence-corrected chi connectivity index (χ1v) is 7.19. The molecule has 0 amide bonds. The molecule has 0 saturated carbocycles. The molecule has 1 aromatic carbocycles. The van der Waals surface area contributed by atoms with E-state index in [1.807, 2.05) is 12.1 Å². The van der Waals surface area contributed by atoms with Gasteiger partial charge in [-0.2, -0.15) is 0 Å². The van der Waals surface area contributed by atoms with E-state index < -0.39 is 8.60 Å². The van der Waals surface area contributed by atoms with Crippen molar-refractivity contribution >= 4 is 33.4 Å². The maximum atomic E-state index is 9.02. The van der Waals surface area contributed by atoms with E-state index in [2.05, 4.69) is 47.6 Å². The molecule has 6 heteroatoms. The van der Waals surface area contributed by atoms with Crippen molar-refractivity contribution in [2.75, 3.05) is 0 Å². The van der Waals surface area contributed by atoms with Crippen LogP contribution < -0.4 is 4.52 Å². The van der Waals surface area contributed by atoms with E-state index in [0.29, 0.717) is 5.75 Å². The van der Waals surface area contributed by atoms with Gasteiger partial charge in [-0.05, 0) is 22.5 Å². The van der Waals surface area contributed by atoms with Crippen LogP contribution in [0.2, 0.25) is 0 Å². The van der Waals surface area contributed by atoms with E-state index in [1.54, 1.807) is 0 Å². The van der Waals surface area contributed by atoms with E-state index in [9.17, 15) is 0 Å². The third kappa shape index (κ3) is 6.15. The molecule has 0 saturated heterocycles. The summed E-state index contributed by atoms with van der Waals surface area (Å²) in [5.41, 5.74) is 2.15. The number of rotatable bonds is 2. The summed E-state index contributed by atoms with van der Waals surface area (Å²) in [6.07, 6.45) is 0. The van der Waals surface area contributed by atoms with E-state index in [4.69, 9.17) is 14.3 Å². The summed E-state index contributed by atoms with van der Waals surface area (Å²) >= 11 is 0. The van der Waals surface area contributed by atoms with Crippen LogP contribution in [-0.2, 0) is 10.8 Å². The monoisotopic (exact) mass is 342 g/mol. The first kappa shape index (κ1) is 22.2. The molecule has 20 heavy (non-hydrogen) atoms. The maximum Gasteiger partial charge on any atom is 0.391 e. The smallest absolute Gasteiger partial charge is 0.391 e. The second-order valence-corrected chi connectivity index (χ2v) is 7.24. The highest BCUT2D eigenvalue weighted by Crippen LogP contribution is 2.39. The molecule has 0 aromatic heterocycles. The Labute approximate surface area is 135 Å². The van der Waals surface area contributed by atoms with Crippen molar-refractivity contribution in [2.24, 2.45) is 0 Å². The predicted octanol–water partition coefficient (Wildman–Crippen LogP) is 4.72. The van der Waals surface area contributed by atoms with Crippen LogP contribution in [0.1, 0.15) is 52.7 Å². The Morgan fingerprint density at radius 3 is 1.75 bits per heavy atom. The summed E-state index contributed by atoms with van der Waals surface area (Å²) in [5.74, 6) is 0.548. The lowest BCUT2D eigenvalue weighted by Crippen LogP contribution is -2.17. The van der Waals surface area contributed by atoms with Gasteiger partial charge in [-0.15, -0.1) is 24.8 Å². The Balaban J connectivity index is 0. The lowest BCUT2D eigenvalue weighted by atomic mass is 9.80. The number of halogens is 2. The van der Waals surface area contributed by atoms with Crippen molar-refractivity contribution in [3.05, 3.63) is 29.3 Å². The molecule has 0 aliphatic rings. The first-order valence-electron chi connectivity index (χ1n) is 6.02. The van der Waals surface area contributed by atoms with Gasteiger partial charge in [0.25, 0.3) is 0 Å². The third-order valence-electron chi connectivity index (χ3n) is 2.83. The van der Waals surface area contributed by atoms with Crippen molar-refractivity contribution in [3.63, 3.8) is 0 Å². The average Bonchev–Trinajstić information content (AvgIpc) is 2.13. The molecule has 0 heterocycles. The minimum absolute atomic E-state index is 0. The predicted molar refractivity (Wildman–Crippen MR) is 90.3 cm³/mol. The molecule has 2 N–H and O–H groups in total. The molecule has 0 aliphatic heterocycles. The van der Waals surface area contributed by atoms with Crippen LogP contribution in [0, 0.1) is 0 Å². The van der Waals surface area contributed by atoms with Crippen LogP contribution in [0.3, 0.4) is 0 Å². The van der Waals surface area contributed by atoms with Crippen LogP contribution >= 0.6 is 33.4 Å². The minimum atomic E-state index is -2.38. The van der Waals surface area contributed by atoms with Gasteiger partial charge in [0.05, 0.1) is 0 Å². The largest absolute Gasteiger partial charge is 0.427 e. The van der Waals surface area contributed by atoms with Gasteiger partial charge >= 0.3 is 8.60 Å². The molecule has 0 aliphatic carbocycles. The summed E-state index contributed by atoms with van der Waals surface area (Å²) in [6, 6.07) is 5.89. The lowest BCUT2D eigenvalue weighted by molar-refractivity contribution is 0.369. The standard InChI is InChI=1S/C14H23O3P.2ClH/c1-13(2,3)10-7-8-12(17-18(15)16)11(9-10)14(4,5)6;;/h7-9,15-16H,1-6H3;2*1H. The Kier molecular flexibility index (Phi) is 8.69. The molecule has 1 aromatic rings. The zero-order valence-corrected chi connectivity index (χ0v) is 15.3. The summed E-state index contributed by atoms with van der Waals surface area (Å²) in [5, 5.41) is 0. The molecule has 118 valence electrons. The number of benzene rings is 1. The van der Waals surface area contributed by atoms with Crippen LogP contribution in [0.25, 0.3) is 0 Å². The van der Waals surface area contributed by atoms with Gasteiger partial charge in [0.2, 0.25) is 0 Å². The van der Waals surface area contributed by atoms with Crippen LogP contribution in [-0.4, -0.2) is 9.79 Å². The maximum absolute atomic E-state index is 9.02. The molecule has 0 spiro atoms. The Morgan fingerprint density at radius 1 is 0.900 bits per heavy atom. The molecule has 3 nitrogen and oxygen atoms in total. The number of hydrogen-bond acceptors (Lipinski definition) is 3. The van der Waals surface area contributed by atoms with E-state index >= 15 is 0 Å². The zero-order valence-electron chi connectivity index (χ0n) is 12.8. The zero-order chi connectivity index (χ0) is 14.1. The second-order valence-electron chi connectivity index (χ2n) is 6.55. The third-order valence-corrected chi connectivity index (χ3v) is 3.19. The fraction of sp³-hybridized carbons (Fsp3) is 0.571. The molecular weight excluding hydrogens is 318 g/mol. The van der Waals surface area contributed by atoms with Gasteiger partial charge in [0.15, 0.2) is 0 Å². The topological polar surface area (TPSA) is 49.7 Å². The van der Waals surface area contributed by atoms with Crippen molar-refractivity contribution in [2.45, 2.75) is 52.4 Å². The lowest BCUT2D eigenvalue weighted by Gasteiger charge is -2.27.